The van der Waals surface area contributed by atoms with E-state index in [4.69, 9.17) is 9.47 Å². The van der Waals surface area contributed by atoms with Crippen molar-refractivity contribution in [3.63, 3.8) is 0 Å². The van der Waals surface area contributed by atoms with Crippen LogP contribution in [0.4, 0.5) is 4.79 Å². The molecule has 0 unspecified atom stereocenters. The molecule has 2 aromatic rings. The first-order valence-corrected chi connectivity index (χ1v) is 17.5. The largest absolute Gasteiger partial charge is 0.484 e. The number of nitrogens with zero attached hydrogens (tertiary/aromatic N) is 2. The molecule has 2 aromatic carbocycles. The van der Waals surface area contributed by atoms with Gasteiger partial charge in [0.1, 0.15) is 43.1 Å². The molecule has 0 aromatic heterocycles. The van der Waals surface area contributed by atoms with E-state index in [2.05, 4.69) is 26.6 Å². The van der Waals surface area contributed by atoms with Crippen LogP contribution in [-0.4, -0.2) is 132 Å². The van der Waals surface area contributed by atoms with Crippen molar-refractivity contribution in [3.05, 3.63) is 65.7 Å². The van der Waals surface area contributed by atoms with Crippen molar-refractivity contribution >= 4 is 41.5 Å². The number of carbonyl (C=O) groups is 7. The maximum absolute atomic E-state index is 14.4. The highest BCUT2D eigenvalue weighted by Crippen LogP contribution is 2.22. The van der Waals surface area contributed by atoms with Gasteiger partial charge < -0.3 is 46.1 Å². The molecule has 284 valence electrons. The van der Waals surface area contributed by atoms with E-state index in [0.717, 1.165) is 11.1 Å². The van der Waals surface area contributed by atoms with E-state index >= 15 is 0 Å². The van der Waals surface area contributed by atoms with Gasteiger partial charge in [0.25, 0.3) is 5.91 Å². The van der Waals surface area contributed by atoms with Gasteiger partial charge >= 0.3 is 6.09 Å². The number of aliphatic hydroxyl groups excluding tert-OH is 1. The van der Waals surface area contributed by atoms with E-state index in [1.54, 1.807) is 54.6 Å². The van der Waals surface area contributed by atoms with Gasteiger partial charge in [-0.05, 0) is 49.9 Å². The monoisotopic (exact) mass is 735 g/mol. The van der Waals surface area contributed by atoms with E-state index in [1.165, 1.54) is 23.6 Å². The molecule has 6 N–H and O–H groups in total. The third kappa shape index (κ3) is 10.4. The highest BCUT2D eigenvalue weighted by atomic mass is 16.6. The first kappa shape index (κ1) is 38.5. The Labute approximate surface area is 306 Å². The van der Waals surface area contributed by atoms with Crippen molar-refractivity contribution in [2.45, 2.75) is 69.4 Å². The Morgan fingerprint density at radius 1 is 0.943 bits per heavy atom. The van der Waals surface area contributed by atoms with Gasteiger partial charge in [-0.1, -0.05) is 42.5 Å². The van der Waals surface area contributed by atoms with Crippen LogP contribution >= 0.6 is 0 Å². The van der Waals surface area contributed by atoms with Gasteiger partial charge in [-0.3, -0.25) is 33.7 Å². The molecule has 7 amide bonds. The van der Waals surface area contributed by atoms with Gasteiger partial charge in [0, 0.05) is 25.6 Å². The van der Waals surface area contributed by atoms with Crippen LogP contribution in [0.15, 0.2) is 54.6 Å². The van der Waals surface area contributed by atoms with E-state index in [0.29, 0.717) is 12.2 Å². The van der Waals surface area contributed by atoms with Gasteiger partial charge in [-0.15, -0.1) is 0 Å². The molecule has 6 atom stereocenters. The normalized spacial score (nSPS) is 25.4. The molecular formula is C36H45N7O10. The summed E-state index contributed by atoms with van der Waals surface area (Å²) in [5, 5.41) is 23.9. The standard InChI is InChI=1S/C36H45N7O10/c1-21-32(47)37-13-12-23-8-10-26(11-9-23)53-20-30(46)40-27(16-24-6-4-3-5-7-24)35(50)43-18-25(39-29(45)19-42-14-15-52-36(42)51)17-28(43)33(48)41-31(22(2)44)34(49)38-21/h3-11,21-22,25,27-28,31,44H,12-20H2,1-2H3,(H,37,47)(H,38,49)(H,39,45)(H,40,46)(H,41,48)/t21-,22+,25-,27-,28-,31-/m0/s1. The summed E-state index contributed by atoms with van der Waals surface area (Å²) >= 11 is 0. The second-order valence-electron chi connectivity index (χ2n) is 13.3. The van der Waals surface area contributed by atoms with Crippen molar-refractivity contribution in [1.29, 1.82) is 0 Å². The zero-order valence-corrected chi connectivity index (χ0v) is 29.5. The zero-order valence-electron chi connectivity index (χ0n) is 29.5. The van der Waals surface area contributed by atoms with Crippen LogP contribution in [0, 0.1) is 0 Å². The molecule has 17 nitrogen and oxygen atoms in total. The van der Waals surface area contributed by atoms with Crippen molar-refractivity contribution in [2.24, 2.45) is 0 Å². The van der Waals surface area contributed by atoms with Crippen LogP contribution in [0.25, 0.3) is 0 Å². The predicted molar refractivity (Wildman–Crippen MR) is 187 cm³/mol. The summed E-state index contributed by atoms with van der Waals surface area (Å²) in [5.41, 5.74) is 1.59. The lowest BCUT2D eigenvalue weighted by Crippen LogP contribution is -2.60. The Morgan fingerprint density at radius 2 is 1.68 bits per heavy atom. The summed E-state index contributed by atoms with van der Waals surface area (Å²) < 4.78 is 10.6. The van der Waals surface area contributed by atoms with E-state index in [1.807, 2.05) is 0 Å². The van der Waals surface area contributed by atoms with Crippen LogP contribution < -0.4 is 31.3 Å². The summed E-state index contributed by atoms with van der Waals surface area (Å²) in [5.74, 6) is -3.51. The van der Waals surface area contributed by atoms with Crippen molar-refractivity contribution in [1.82, 2.24) is 36.4 Å². The van der Waals surface area contributed by atoms with Gasteiger partial charge in [0.05, 0.1) is 12.6 Å². The number of ether oxygens (including phenoxy) is 2. The Morgan fingerprint density at radius 3 is 2.36 bits per heavy atom. The quantitative estimate of drug-likeness (QED) is 0.186. The first-order valence-electron chi connectivity index (χ1n) is 17.5. The predicted octanol–water partition coefficient (Wildman–Crippen LogP) is -1.63. The maximum Gasteiger partial charge on any atom is 0.410 e. The lowest BCUT2D eigenvalue weighted by Gasteiger charge is -2.30. The Hall–Kier alpha value is -5.71. The van der Waals surface area contributed by atoms with E-state index in [9.17, 15) is 38.7 Å². The van der Waals surface area contributed by atoms with Gasteiger partial charge in [-0.2, -0.15) is 0 Å². The molecule has 4 heterocycles. The van der Waals surface area contributed by atoms with Crippen LogP contribution in [0.5, 0.6) is 5.75 Å². The molecule has 0 radical (unpaired) electrons. The number of benzene rings is 2. The zero-order chi connectivity index (χ0) is 38.1. The maximum atomic E-state index is 14.4. The smallest absolute Gasteiger partial charge is 0.410 e. The fraction of sp³-hybridized carbons (Fsp3) is 0.472. The summed E-state index contributed by atoms with van der Waals surface area (Å²) in [6.07, 6.45) is -1.62. The molecule has 2 bridgehead atoms. The number of aliphatic hydroxyl groups is 1. The molecule has 2 saturated heterocycles. The van der Waals surface area contributed by atoms with Gasteiger partial charge in [-0.25, -0.2) is 4.79 Å². The molecular weight excluding hydrogens is 690 g/mol. The number of carbonyl (C=O) groups excluding carboxylic acids is 7. The summed E-state index contributed by atoms with van der Waals surface area (Å²) in [6, 6.07) is 10.1. The summed E-state index contributed by atoms with van der Waals surface area (Å²) in [6.45, 7) is 2.52. The number of amides is 7. The molecule has 0 saturated carbocycles. The highest BCUT2D eigenvalue weighted by Gasteiger charge is 2.44. The van der Waals surface area contributed by atoms with Gasteiger partial charge in [0.2, 0.25) is 29.5 Å². The molecule has 17 heteroatoms. The summed E-state index contributed by atoms with van der Waals surface area (Å²) in [4.78, 5) is 95.1. The fourth-order valence-corrected chi connectivity index (χ4v) is 6.34. The Bertz CT molecular complexity index is 1670. The van der Waals surface area contributed by atoms with Crippen molar-refractivity contribution < 1.29 is 48.1 Å². The minimum absolute atomic E-state index is 0.0533. The number of fused-ring (bicyclic) bond motifs is 16. The van der Waals surface area contributed by atoms with Crippen LogP contribution in [0.2, 0.25) is 0 Å². The number of cyclic esters (lactones) is 1. The fourth-order valence-electron chi connectivity index (χ4n) is 6.34. The second kappa shape index (κ2) is 17.7. The average Bonchev–Trinajstić information content (AvgIpc) is 3.74. The van der Waals surface area contributed by atoms with Crippen molar-refractivity contribution in [2.75, 3.05) is 39.4 Å². The number of hydrogen-bond donors (Lipinski definition) is 6. The van der Waals surface area contributed by atoms with Crippen molar-refractivity contribution in [3.8, 4) is 5.75 Å². The minimum Gasteiger partial charge on any atom is -0.484 e. The molecule has 4 aliphatic rings. The molecule has 4 aliphatic heterocycles. The van der Waals surface area contributed by atoms with Crippen LogP contribution in [0.3, 0.4) is 0 Å². The second-order valence-corrected chi connectivity index (χ2v) is 13.3. The SMILES string of the molecule is C[C@@H]1NC(=O)[C@H]([C@@H](C)O)NC(=O)[C@@H]2C[C@H](NC(=O)CN3CCOC3=O)CN2C(=O)[C@H](Cc2ccccc2)NC(=O)COc2ccc(cc2)CCNC1=O. The molecule has 6 rings (SSSR count). The van der Waals surface area contributed by atoms with Crippen LogP contribution in [0.1, 0.15) is 31.4 Å². The molecule has 0 spiro atoms. The molecule has 53 heavy (non-hydrogen) atoms. The first-order chi connectivity index (χ1) is 25.4. The lowest BCUT2D eigenvalue weighted by atomic mass is 10.0. The lowest BCUT2D eigenvalue weighted by molar-refractivity contribution is -0.143. The Balaban J connectivity index is 1.43. The van der Waals surface area contributed by atoms with E-state index in [-0.39, 0.29) is 45.6 Å². The van der Waals surface area contributed by atoms with Gasteiger partial charge in [0.15, 0.2) is 6.61 Å². The van der Waals surface area contributed by atoms with E-state index < -0.39 is 84.5 Å². The number of hydrogen-bond acceptors (Lipinski definition) is 10. The number of rotatable bonds is 6. The third-order valence-electron chi connectivity index (χ3n) is 9.17. The Kier molecular flexibility index (Phi) is 12.8. The minimum atomic E-state index is -1.52. The molecule has 2 fully saturated rings. The molecule has 0 aliphatic carbocycles. The van der Waals surface area contributed by atoms with Crippen LogP contribution in [-0.2, 0) is 46.3 Å². The average molecular weight is 736 g/mol. The number of nitrogens with one attached hydrogen (secondary N) is 5. The topological polar surface area (TPSA) is 225 Å². The third-order valence-corrected chi connectivity index (χ3v) is 9.17. The highest BCUT2D eigenvalue weighted by molar-refractivity contribution is 5.96. The summed E-state index contributed by atoms with van der Waals surface area (Å²) in [7, 11) is 0.